The van der Waals surface area contributed by atoms with Crippen molar-refractivity contribution in [3.63, 3.8) is 0 Å². The van der Waals surface area contributed by atoms with Gasteiger partial charge in [-0.3, -0.25) is 0 Å². The van der Waals surface area contributed by atoms with Gasteiger partial charge in [0.15, 0.2) is 0 Å². The Labute approximate surface area is 90.0 Å². The van der Waals surface area contributed by atoms with Gasteiger partial charge in [-0.15, -0.1) is 23.2 Å². The Balaban J connectivity index is 1.87. The third-order valence-electron chi connectivity index (χ3n) is 5.31. The molecular formula is C11H16Cl2. The highest BCUT2D eigenvalue weighted by Gasteiger charge is 2.80. The number of alkyl halides is 2. The van der Waals surface area contributed by atoms with Crippen LogP contribution >= 0.6 is 23.2 Å². The lowest BCUT2D eigenvalue weighted by atomic mass is 9.90. The van der Waals surface area contributed by atoms with Gasteiger partial charge in [0.1, 0.15) is 4.33 Å². The van der Waals surface area contributed by atoms with Gasteiger partial charge in [0.05, 0.1) is 0 Å². The zero-order valence-electron chi connectivity index (χ0n) is 8.40. The van der Waals surface area contributed by atoms with Crippen LogP contribution in [0.5, 0.6) is 0 Å². The minimum absolute atomic E-state index is 0.241. The largest absolute Gasteiger partial charge is 0.127 e. The summed E-state index contributed by atoms with van der Waals surface area (Å²) in [6.07, 6.45) is 2.52. The van der Waals surface area contributed by atoms with Crippen molar-refractivity contribution in [3.8, 4) is 0 Å². The number of halogens is 2. The Morgan fingerprint density at radius 2 is 1.69 bits per heavy atom. The average Bonchev–Trinajstić information content (AvgIpc) is 2.67. The molecule has 0 aliphatic heterocycles. The standard InChI is InChI=1S/C11H16Cl2/c1-9(2)6-4-8-10(3,5-7(6)9)11(8,12)13/h6-8H,4-5H2,1-3H3/t6-,7+,8-,10+/m0/s1. The SMILES string of the molecule is CC1(C)[C@@H]2C[C@]3(C)[C@H](C[C@@H]21)C3(Cl)Cl. The molecule has 0 N–H and O–H groups in total. The van der Waals surface area contributed by atoms with Gasteiger partial charge < -0.3 is 0 Å². The lowest BCUT2D eigenvalue weighted by Gasteiger charge is -2.15. The normalized spacial score (nSPS) is 59.3. The lowest BCUT2D eigenvalue weighted by Crippen LogP contribution is -2.09. The summed E-state index contributed by atoms with van der Waals surface area (Å²) in [6, 6.07) is 0. The maximum atomic E-state index is 6.30. The van der Waals surface area contributed by atoms with E-state index >= 15 is 0 Å². The molecule has 3 saturated carbocycles. The van der Waals surface area contributed by atoms with Gasteiger partial charge in [-0.2, -0.15) is 0 Å². The molecule has 0 radical (unpaired) electrons. The Bertz CT molecular complexity index is 282. The molecule has 2 heteroatoms. The highest BCUT2D eigenvalue weighted by Crippen LogP contribution is 2.83. The molecule has 13 heavy (non-hydrogen) atoms. The summed E-state index contributed by atoms with van der Waals surface area (Å²) < 4.78 is -0.392. The predicted octanol–water partition coefficient (Wildman–Crippen LogP) is 3.86. The van der Waals surface area contributed by atoms with Crippen LogP contribution in [0.4, 0.5) is 0 Å². The zero-order valence-corrected chi connectivity index (χ0v) is 9.91. The highest BCUT2D eigenvalue weighted by molar-refractivity contribution is 6.51. The van der Waals surface area contributed by atoms with Crippen LogP contribution in [0.15, 0.2) is 0 Å². The molecule has 0 aromatic carbocycles. The fourth-order valence-corrected chi connectivity index (χ4v) is 4.77. The van der Waals surface area contributed by atoms with Gasteiger partial charge >= 0.3 is 0 Å². The van der Waals surface area contributed by atoms with Crippen molar-refractivity contribution in [3.05, 3.63) is 0 Å². The minimum atomic E-state index is -0.392. The lowest BCUT2D eigenvalue weighted by molar-refractivity contribution is 0.347. The van der Waals surface area contributed by atoms with Gasteiger partial charge in [0.25, 0.3) is 0 Å². The van der Waals surface area contributed by atoms with Gasteiger partial charge in [-0.1, -0.05) is 20.8 Å². The van der Waals surface area contributed by atoms with Crippen molar-refractivity contribution < 1.29 is 0 Å². The number of hydrogen-bond donors (Lipinski definition) is 0. The van der Waals surface area contributed by atoms with E-state index in [4.69, 9.17) is 23.2 Å². The summed E-state index contributed by atoms with van der Waals surface area (Å²) in [5.41, 5.74) is 0.825. The van der Waals surface area contributed by atoms with Crippen LogP contribution in [0.1, 0.15) is 33.6 Å². The monoisotopic (exact) mass is 218 g/mol. The van der Waals surface area contributed by atoms with Crippen LogP contribution < -0.4 is 0 Å². The fraction of sp³-hybridized carbons (Fsp3) is 1.00. The van der Waals surface area contributed by atoms with Crippen molar-refractivity contribution >= 4 is 23.2 Å². The van der Waals surface area contributed by atoms with Crippen LogP contribution in [-0.4, -0.2) is 4.33 Å². The first kappa shape index (κ1) is 8.85. The van der Waals surface area contributed by atoms with E-state index in [1.807, 2.05) is 0 Å². The van der Waals surface area contributed by atoms with E-state index in [0.717, 1.165) is 11.8 Å². The van der Waals surface area contributed by atoms with Gasteiger partial charge in [0.2, 0.25) is 0 Å². The molecule has 0 unspecified atom stereocenters. The van der Waals surface area contributed by atoms with E-state index in [2.05, 4.69) is 20.8 Å². The number of fused-ring (bicyclic) bond motifs is 2. The molecule has 0 aromatic heterocycles. The second-order valence-corrected chi connectivity index (χ2v) is 7.45. The van der Waals surface area contributed by atoms with E-state index < -0.39 is 4.33 Å². The number of hydrogen-bond acceptors (Lipinski definition) is 0. The number of rotatable bonds is 0. The maximum absolute atomic E-state index is 6.30. The predicted molar refractivity (Wildman–Crippen MR) is 56.0 cm³/mol. The molecule has 3 rings (SSSR count). The third-order valence-corrected chi connectivity index (χ3v) is 6.70. The van der Waals surface area contributed by atoms with E-state index in [0.29, 0.717) is 11.3 Å². The molecule has 4 atom stereocenters. The molecule has 0 amide bonds. The molecule has 0 heterocycles. The molecule has 3 fully saturated rings. The average molecular weight is 219 g/mol. The molecule has 0 nitrogen and oxygen atoms in total. The van der Waals surface area contributed by atoms with Crippen LogP contribution in [0.25, 0.3) is 0 Å². The van der Waals surface area contributed by atoms with Crippen LogP contribution in [0.2, 0.25) is 0 Å². The molecule has 0 spiro atoms. The molecule has 0 saturated heterocycles. The third kappa shape index (κ3) is 0.777. The first-order valence-electron chi connectivity index (χ1n) is 5.19. The van der Waals surface area contributed by atoms with Crippen LogP contribution in [0, 0.1) is 28.6 Å². The first-order valence-corrected chi connectivity index (χ1v) is 5.95. The summed E-state index contributed by atoms with van der Waals surface area (Å²) in [5, 5.41) is 0. The van der Waals surface area contributed by atoms with Crippen LogP contribution in [-0.2, 0) is 0 Å². The smallest absolute Gasteiger partial charge is 0.101 e. The van der Waals surface area contributed by atoms with Crippen molar-refractivity contribution in [2.45, 2.75) is 37.9 Å². The van der Waals surface area contributed by atoms with Crippen molar-refractivity contribution in [2.24, 2.45) is 28.6 Å². The Morgan fingerprint density at radius 1 is 1.08 bits per heavy atom. The molecule has 0 aromatic rings. The molecule has 3 aliphatic rings. The highest BCUT2D eigenvalue weighted by atomic mass is 35.5. The Kier molecular flexibility index (Phi) is 1.31. The van der Waals surface area contributed by atoms with Crippen LogP contribution in [0.3, 0.4) is 0 Å². The second-order valence-electron chi connectivity index (χ2n) is 6.07. The van der Waals surface area contributed by atoms with Crippen molar-refractivity contribution in [2.75, 3.05) is 0 Å². The quantitative estimate of drug-likeness (QED) is 0.542. The molecule has 74 valence electrons. The maximum Gasteiger partial charge on any atom is 0.127 e. The van der Waals surface area contributed by atoms with E-state index in [1.54, 1.807) is 0 Å². The van der Waals surface area contributed by atoms with Gasteiger partial charge in [-0.25, -0.2) is 0 Å². The summed E-state index contributed by atoms with van der Waals surface area (Å²) >= 11 is 12.6. The minimum Gasteiger partial charge on any atom is -0.101 e. The van der Waals surface area contributed by atoms with E-state index in [9.17, 15) is 0 Å². The first-order chi connectivity index (χ1) is 5.82. The van der Waals surface area contributed by atoms with Gasteiger partial charge in [0, 0.05) is 11.3 Å². The van der Waals surface area contributed by atoms with E-state index in [-0.39, 0.29) is 5.41 Å². The van der Waals surface area contributed by atoms with Crippen molar-refractivity contribution in [1.82, 2.24) is 0 Å². The zero-order chi connectivity index (χ0) is 9.65. The Morgan fingerprint density at radius 3 is 2.23 bits per heavy atom. The van der Waals surface area contributed by atoms with E-state index in [1.165, 1.54) is 12.8 Å². The summed E-state index contributed by atoms with van der Waals surface area (Å²) in [7, 11) is 0. The summed E-state index contributed by atoms with van der Waals surface area (Å²) in [4.78, 5) is 0. The molecule has 0 bridgehead atoms. The second kappa shape index (κ2) is 1.93. The summed E-state index contributed by atoms with van der Waals surface area (Å²) in [5.74, 6) is 2.38. The molecule has 3 aliphatic carbocycles. The summed E-state index contributed by atoms with van der Waals surface area (Å²) in [6.45, 7) is 7.05. The van der Waals surface area contributed by atoms with Crippen molar-refractivity contribution in [1.29, 1.82) is 0 Å². The fourth-order valence-electron chi connectivity index (χ4n) is 3.80. The van der Waals surface area contributed by atoms with Gasteiger partial charge in [-0.05, 0) is 30.1 Å². The topological polar surface area (TPSA) is 0 Å². The molecular weight excluding hydrogens is 203 g/mol. The Hall–Kier alpha value is 0.580.